The Bertz CT molecular complexity index is 1090. The van der Waals surface area contributed by atoms with Crippen LogP contribution in [0.5, 0.6) is 5.75 Å². The number of thioether (sulfide) groups is 1. The van der Waals surface area contributed by atoms with Gasteiger partial charge in [0.05, 0.1) is 10.5 Å². The molecule has 0 bridgehead atoms. The zero-order chi connectivity index (χ0) is 23.4. The van der Waals surface area contributed by atoms with Crippen molar-refractivity contribution in [3.8, 4) is 5.75 Å². The van der Waals surface area contributed by atoms with Gasteiger partial charge in [-0.2, -0.15) is 18.2 Å². The monoisotopic (exact) mass is 473 g/mol. The van der Waals surface area contributed by atoms with Crippen LogP contribution in [0.2, 0.25) is 0 Å². The lowest BCUT2D eigenvalue weighted by Crippen LogP contribution is -2.47. The quantitative estimate of drug-likeness (QED) is 0.449. The van der Waals surface area contributed by atoms with E-state index in [4.69, 9.17) is 4.74 Å². The van der Waals surface area contributed by atoms with Crippen molar-refractivity contribution >= 4 is 34.6 Å². The number of benzene rings is 2. The molecule has 2 aromatic carbocycles. The maximum absolute atomic E-state index is 13.0. The maximum atomic E-state index is 13.0. The fraction of sp³-hybridized carbons (Fsp3) is 0.250. The summed E-state index contributed by atoms with van der Waals surface area (Å²) in [5.41, 5.74) is 0.754. The van der Waals surface area contributed by atoms with Gasteiger partial charge in [-0.25, -0.2) is 0 Å². The minimum absolute atomic E-state index is 0.290. The number of aliphatic imine (C=N–C) groups is 1. The van der Waals surface area contributed by atoms with E-state index in [0.29, 0.717) is 48.5 Å². The molecule has 0 unspecified atom stereocenters. The third-order valence-corrected chi connectivity index (χ3v) is 6.29. The van der Waals surface area contributed by atoms with Gasteiger partial charge in [-0.3, -0.25) is 4.79 Å². The minimum atomic E-state index is -4.37. The van der Waals surface area contributed by atoms with Gasteiger partial charge in [0.25, 0.3) is 5.91 Å². The summed E-state index contributed by atoms with van der Waals surface area (Å²) in [5.74, 6) is 0.431. The van der Waals surface area contributed by atoms with Crippen LogP contribution in [0.3, 0.4) is 0 Å². The molecule has 0 atom stereocenters. The average molecular weight is 474 g/mol. The van der Waals surface area contributed by atoms with Crippen molar-refractivity contribution in [2.75, 3.05) is 37.7 Å². The van der Waals surface area contributed by atoms with Gasteiger partial charge in [0.15, 0.2) is 5.17 Å². The number of rotatable bonds is 5. The lowest BCUT2D eigenvalue weighted by Gasteiger charge is -2.36. The number of halogens is 3. The second kappa shape index (κ2) is 9.74. The van der Waals surface area contributed by atoms with Gasteiger partial charge in [0, 0.05) is 31.9 Å². The molecular formula is C24H22F3N3O2S. The summed E-state index contributed by atoms with van der Waals surface area (Å²) < 4.78 is 44.5. The number of ether oxygens (including phenoxy) is 1. The lowest BCUT2D eigenvalue weighted by atomic mass is 10.1. The Morgan fingerprint density at radius 3 is 2.42 bits per heavy atom. The molecule has 172 valence electrons. The van der Waals surface area contributed by atoms with Gasteiger partial charge in [-0.1, -0.05) is 30.9 Å². The van der Waals surface area contributed by atoms with Crippen molar-refractivity contribution in [3.05, 3.63) is 77.2 Å². The fourth-order valence-electron chi connectivity index (χ4n) is 3.53. The van der Waals surface area contributed by atoms with E-state index in [1.807, 2.05) is 34.1 Å². The number of hydrogen-bond donors (Lipinski definition) is 0. The summed E-state index contributed by atoms with van der Waals surface area (Å²) in [6.07, 6.45) is -0.906. The van der Waals surface area contributed by atoms with Crippen LogP contribution in [-0.2, 0) is 11.0 Å². The third kappa shape index (κ3) is 5.60. The van der Waals surface area contributed by atoms with Gasteiger partial charge in [-0.15, -0.1) is 0 Å². The molecule has 1 fully saturated rings. The molecule has 2 aliphatic heterocycles. The van der Waals surface area contributed by atoms with Crippen LogP contribution in [0, 0.1) is 0 Å². The largest absolute Gasteiger partial charge is 0.490 e. The molecule has 1 saturated heterocycles. The molecule has 5 nitrogen and oxygen atoms in total. The Hall–Kier alpha value is -3.20. The molecule has 0 spiro atoms. The number of anilines is 1. The lowest BCUT2D eigenvalue weighted by molar-refractivity contribution is -0.137. The van der Waals surface area contributed by atoms with E-state index < -0.39 is 11.7 Å². The summed E-state index contributed by atoms with van der Waals surface area (Å²) in [6.45, 7) is 6.25. The van der Waals surface area contributed by atoms with E-state index in [1.165, 1.54) is 23.9 Å². The highest BCUT2D eigenvalue weighted by Gasteiger charge is 2.32. The predicted molar refractivity (Wildman–Crippen MR) is 125 cm³/mol. The molecule has 0 radical (unpaired) electrons. The molecule has 0 aliphatic carbocycles. The molecule has 9 heteroatoms. The molecule has 2 heterocycles. The van der Waals surface area contributed by atoms with Crippen molar-refractivity contribution in [2.24, 2.45) is 4.99 Å². The number of piperazine rings is 1. The molecule has 0 saturated carbocycles. The van der Waals surface area contributed by atoms with Crippen LogP contribution in [0.25, 0.3) is 6.08 Å². The first-order valence-electron chi connectivity index (χ1n) is 10.4. The fourth-order valence-corrected chi connectivity index (χ4v) is 4.50. The van der Waals surface area contributed by atoms with E-state index >= 15 is 0 Å². The number of amidine groups is 1. The first-order valence-corrected chi connectivity index (χ1v) is 11.2. The minimum Gasteiger partial charge on any atom is -0.490 e. The van der Waals surface area contributed by atoms with Crippen molar-refractivity contribution < 1.29 is 22.7 Å². The van der Waals surface area contributed by atoms with Crippen LogP contribution >= 0.6 is 11.8 Å². The average Bonchev–Trinajstić information content (AvgIpc) is 3.18. The van der Waals surface area contributed by atoms with Gasteiger partial charge in [0.1, 0.15) is 12.4 Å². The SMILES string of the molecule is C=CCOc1ccc(C=C2SC(N3CCN(c4cccc(C(F)(F)F)c4)CC3)=NC2=O)cc1. The van der Waals surface area contributed by atoms with Crippen LogP contribution in [-0.4, -0.2) is 48.8 Å². The Kier molecular flexibility index (Phi) is 6.78. The third-order valence-electron chi connectivity index (χ3n) is 5.24. The van der Waals surface area contributed by atoms with E-state index in [2.05, 4.69) is 11.6 Å². The topological polar surface area (TPSA) is 45.1 Å². The number of carbonyl (C=O) groups excluding carboxylic acids is 1. The standard InChI is InChI=1S/C24H22F3N3O2S/c1-2-14-32-20-8-6-17(7-9-20)15-21-22(31)28-23(33-21)30-12-10-29(11-13-30)19-5-3-4-18(16-19)24(25,26)27/h2-9,15-16H,1,10-14H2. The van der Waals surface area contributed by atoms with Crippen LogP contribution < -0.4 is 9.64 Å². The highest BCUT2D eigenvalue weighted by Crippen LogP contribution is 2.33. The molecule has 33 heavy (non-hydrogen) atoms. The number of nitrogens with zero attached hydrogens (tertiary/aromatic N) is 3. The Morgan fingerprint density at radius 1 is 1.06 bits per heavy atom. The second-order valence-corrected chi connectivity index (χ2v) is 8.51. The van der Waals surface area contributed by atoms with E-state index in [-0.39, 0.29) is 5.91 Å². The summed E-state index contributed by atoms with van der Waals surface area (Å²) in [4.78, 5) is 21.0. The van der Waals surface area contributed by atoms with Crippen molar-refractivity contribution in [1.29, 1.82) is 0 Å². The number of amides is 1. The van der Waals surface area contributed by atoms with Gasteiger partial charge in [0.2, 0.25) is 0 Å². The summed E-state index contributed by atoms with van der Waals surface area (Å²) in [6, 6.07) is 12.8. The Morgan fingerprint density at radius 2 is 1.76 bits per heavy atom. The van der Waals surface area contributed by atoms with Gasteiger partial charge >= 0.3 is 6.18 Å². The summed E-state index contributed by atoms with van der Waals surface area (Å²) >= 11 is 1.32. The van der Waals surface area contributed by atoms with E-state index in [1.54, 1.807) is 18.2 Å². The Labute approximate surface area is 194 Å². The van der Waals surface area contributed by atoms with E-state index in [9.17, 15) is 18.0 Å². The Balaban J connectivity index is 1.36. The maximum Gasteiger partial charge on any atom is 0.416 e. The second-order valence-electron chi connectivity index (χ2n) is 7.50. The molecule has 1 amide bonds. The van der Waals surface area contributed by atoms with Crippen LogP contribution in [0.15, 0.2) is 71.1 Å². The molecular weight excluding hydrogens is 451 g/mol. The first-order chi connectivity index (χ1) is 15.8. The highest BCUT2D eigenvalue weighted by molar-refractivity contribution is 8.18. The van der Waals surface area contributed by atoms with Crippen LogP contribution in [0.1, 0.15) is 11.1 Å². The van der Waals surface area contributed by atoms with Crippen LogP contribution in [0.4, 0.5) is 18.9 Å². The number of hydrogen-bond acceptors (Lipinski definition) is 5. The first kappa shape index (κ1) is 23.0. The highest BCUT2D eigenvalue weighted by atomic mass is 32.2. The van der Waals surface area contributed by atoms with Crippen molar-refractivity contribution in [1.82, 2.24) is 4.90 Å². The number of alkyl halides is 3. The normalized spacial score (nSPS) is 18.0. The molecule has 4 rings (SSSR count). The zero-order valence-electron chi connectivity index (χ0n) is 17.7. The number of carbonyl (C=O) groups is 1. The molecule has 2 aromatic rings. The molecule has 2 aliphatic rings. The summed E-state index contributed by atoms with van der Waals surface area (Å²) in [5, 5.41) is 0.626. The molecule has 0 N–H and O–H groups in total. The van der Waals surface area contributed by atoms with Crippen molar-refractivity contribution in [3.63, 3.8) is 0 Å². The van der Waals surface area contributed by atoms with Gasteiger partial charge < -0.3 is 14.5 Å². The predicted octanol–water partition coefficient (Wildman–Crippen LogP) is 5.06. The molecule has 0 aromatic heterocycles. The van der Waals surface area contributed by atoms with Crippen molar-refractivity contribution in [2.45, 2.75) is 6.18 Å². The van der Waals surface area contributed by atoms with E-state index in [0.717, 1.165) is 17.4 Å². The smallest absolute Gasteiger partial charge is 0.416 e. The van der Waals surface area contributed by atoms with Gasteiger partial charge in [-0.05, 0) is 53.7 Å². The summed E-state index contributed by atoms with van der Waals surface area (Å²) in [7, 11) is 0. The zero-order valence-corrected chi connectivity index (χ0v) is 18.5.